The Labute approximate surface area is 324 Å². The number of nitrogens with two attached hydrogens (primary N) is 1. The molecule has 0 bridgehead atoms. The molecule has 0 radical (unpaired) electrons. The standard InChI is InChI=1S/C18H25N3O4.C13H19NO2.C9H16N2O3/c1-12(2)15(21-10-6-9-19-18(21)25)16(22)20-14(17(23)24)11-13-7-4-3-5-8-13;1-13(2,3)16-12(15)11(14)9-10-7-5-4-6-8-10;1-6(2)7(8(12)13)11-5-3-4-10-9(11)14/h3-5,7-8,12,14-15H,6,9-11H2,1-2H3,(H,19,25)(H,20,22)(H,23,24);4-8,11H,9,14H2,1-3H3;6-7H,3-5H2,1-2H3,(H,10,14)(H,12,13). The van der Waals surface area contributed by atoms with Crippen molar-refractivity contribution < 1.29 is 43.7 Å². The lowest BCUT2D eigenvalue weighted by Crippen LogP contribution is -2.59. The number of esters is 1. The van der Waals surface area contributed by atoms with E-state index in [0.29, 0.717) is 32.6 Å². The molecule has 4 atom stereocenters. The molecule has 7 N–H and O–H groups in total. The average Bonchev–Trinajstić information content (AvgIpc) is 3.10. The molecule has 2 aliphatic heterocycles. The van der Waals surface area contributed by atoms with Gasteiger partial charge in [-0.05, 0) is 63.0 Å². The fourth-order valence-electron chi connectivity index (χ4n) is 6.04. The van der Waals surface area contributed by atoms with Gasteiger partial charge in [0.05, 0.1) is 0 Å². The van der Waals surface area contributed by atoms with Gasteiger partial charge in [0.2, 0.25) is 5.91 Å². The Morgan fingerprint density at radius 2 is 1.18 bits per heavy atom. The minimum Gasteiger partial charge on any atom is -0.480 e. The van der Waals surface area contributed by atoms with Crippen molar-refractivity contribution in [3.8, 4) is 0 Å². The fraction of sp³-hybridized carbons (Fsp3) is 0.550. The largest absolute Gasteiger partial charge is 0.480 e. The number of aliphatic carboxylic acids is 2. The van der Waals surface area contributed by atoms with Crippen molar-refractivity contribution in [2.24, 2.45) is 17.6 Å². The highest BCUT2D eigenvalue weighted by molar-refractivity contribution is 5.90. The zero-order chi connectivity index (χ0) is 41.3. The second-order valence-corrected chi connectivity index (χ2v) is 15.2. The van der Waals surface area contributed by atoms with Crippen molar-refractivity contribution in [3.63, 3.8) is 0 Å². The topological polar surface area (TPSA) is 221 Å². The van der Waals surface area contributed by atoms with E-state index in [4.69, 9.17) is 15.6 Å². The summed E-state index contributed by atoms with van der Waals surface area (Å²) in [5.74, 6) is -3.02. The highest BCUT2D eigenvalue weighted by Crippen LogP contribution is 2.16. The minimum atomic E-state index is -1.09. The summed E-state index contributed by atoms with van der Waals surface area (Å²) in [5, 5.41) is 26.4. The number of rotatable bonds is 13. The third-order valence-corrected chi connectivity index (χ3v) is 8.59. The lowest BCUT2D eigenvalue weighted by atomic mass is 9.99. The number of nitrogens with one attached hydrogen (secondary N) is 3. The molecule has 2 aromatic carbocycles. The molecule has 4 unspecified atom stereocenters. The van der Waals surface area contributed by atoms with Crippen molar-refractivity contribution in [3.05, 3.63) is 71.8 Å². The van der Waals surface area contributed by atoms with E-state index in [9.17, 15) is 33.9 Å². The van der Waals surface area contributed by atoms with Crippen LogP contribution in [-0.2, 0) is 36.8 Å². The summed E-state index contributed by atoms with van der Waals surface area (Å²) in [6, 6.07) is 15.2. The molecule has 0 saturated carbocycles. The van der Waals surface area contributed by atoms with Crippen LogP contribution >= 0.6 is 0 Å². The van der Waals surface area contributed by atoms with Gasteiger partial charge in [0, 0.05) is 32.6 Å². The second-order valence-electron chi connectivity index (χ2n) is 15.2. The molecular weight excluding hydrogens is 708 g/mol. The van der Waals surface area contributed by atoms with E-state index in [-0.39, 0.29) is 36.3 Å². The first-order chi connectivity index (χ1) is 25.8. The predicted molar refractivity (Wildman–Crippen MR) is 208 cm³/mol. The number of carbonyl (C=O) groups is 6. The zero-order valence-corrected chi connectivity index (χ0v) is 33.1. The molecule has 2 aliphatic rings. The van der Waals surface area contributed by atoms with Gasteiger partial charge in [-0.1, -0.05) is 88.4 Å². The molecule has 2 aromatic rings. The number of amides is 5. The smallest absolute Gasteiger partial charge is 0.326 e. The predicted octanol–water partition coefficient (Wildman–Crippen LogP) is 3.65. The third-order valence-electron chi connectivity index (χ3n) is 8.59. The quantitative estimate of drug-likeness (QED) is 0.163. The van der Waals surface area contributed by atoms with Crippen LogP contribution in [0.1, 0.15) is 72.4 Å². The van der Waals surface area contributed by atoms with Gasteiger partial charge < -0.3 is 46.4 Å². The zero-order valence-electron chi connectivity index (χ0n) is 33.1. The molecule has 0 spiro atoms. The molecular formula is C40H60N6O9. The maximum atomic E-state index is 12.7. The van der Waals surface area contributed by atoms with E-state index in [2.05, 4.69) is 16.0 Å². The molecule has 2 fully saturated rings. The van der Waals surface area contributed by atoms with Crippen LogP contribution in [0.15, 0.2) is 60.7 Å². The maximum Gasteiger partial charge on any atom is 0.326 e. The Hall–Kier alpha value is -5.18. The van der Waals surface area contributed by atoms with E-state index in [1.807, 2.05) is 95.3 Å². The van der Waals surface area contributed by atoms with Crippen LogP contribution in [0, 0.1) is 11.8 Å². The van der Waals surface area contributed by atoms with Gasteiger partial charge in [-0.15, -0.1) is 0 Å². The van der Waals surface area contributed by atoms with E-state index in [0.717, 1.165) is 24.0 Å². The van der Waals surface area contributed by atoms with Crippen molar-refractivity contribution in [1.29, 1.82) is 0 Å². The van der Waals surface area contributed by atoms with Crippen LogP contribution in [0.5, 0.6) is 0 Å². The van der Waals surface area contributed by atoms with Gasteiger partial charge in [-0.25, -0.2) is 19.2 Å². The number of benzene rings is 2. The highest BCUT2D eigenvalue weighted by Gasteiger charge is 2.36. The van der Waals surface area contributed by atoms with Crippen molar-refractivity contribution in [2.45, 2.75) is 104 Å². The number of ether oxygens (including phenoxy) is 1. The average molecular weight is 769 g/mol. The van der Waals surface area contributed by atoms with Crippen LogP contribution in [0.4, 0.5) is 9.59 Å². The van der Waals surface area contributed by atoms with Crippen LogP contribution in [0.3, 0.4) is 0 Å². The Bertz CT molecular complexity index is 1550. The summed E-state index contributed by atoms with van der Waals surface area (Å²) in [6.07, 6.45) is 2.27. The molecule has 15 heteroatoms. The van der Waals surface area contributed by atoms with Gasteiger partial charge in [0.15, 0.2) is 0 Å². The number of hydrogen-bond donors (Lipinski definition) is 6. The van der Waals surface area contributed by atoms with E-state index < -0.39 is 47.6 Å². The van der Waals surface area contributed by atoms with Gasteiger partial charge in [-0.3, -0.25) is 9.59 Å². The summed E-state index contributed by atoms with van der Waals surface area (Å²) in [5.41, 5.74) is 7.17. The van der Waals surface area contributed by atoms with Crippen LogP contribution in [0.25, 0.3) is 0 Å². The molecule has 15 nitrogen and oxygen atoms in total. The first kappa shape index (κ1) is 46.0. The van der Waals surface area contributed by atoms with Crippen LogP contribution < -0.4 is 21.7 Å². The number of carboxylic acids is 2. The maximum absolute atomic E-state index is 12.7. The summed E-state index contributed by atoms with van der Waals surface area (Å²) in [4.78, 5) is 73.2. The molecule has 2 saturated heterocycles. The first-order valence-corrected chi connectivity index (χ1v) is 18.7. The van der Waals surface area contributed by atoms with Gasteiger partial charge >= 0.3 is 30.0 Å². The first-order valence-electron chi connectivity index (χ1n) is 18.7. The summed E-state index contributed by atoms with van der Waals surface area (Å²) in [6.45, 7) is 15.0. The lowest BCUT2D eigenvalue weighted by Gasteiger charge is -2.36. The van der Waals surface area contributed by atoms with Crippen molar-refractivity contribution >= 4 is 35.9 Å². The molecule has 2 heterocycles. The number of carboxylic acid groups (broad SMARTS) is 2. The number of carbonyl (C=O) groups excluding carboxylic acids is 4. The summed E-state index contributed by atoms with van der Waals surface area (Å²) >= 11 is 0. The summed E-state index contributed by atoms with van der Waals surface area (Å²) < 4.78 is 5.21. The Balaban J connectivity index is 0.000000302. The molecule has 5 amide bonds. The van der Waals surface area contributed by atoms with Crippen LogP contribution in [0.2, 0.25) is 0 Å². The number of nitrogens with zero attached hydrogens (tertiary/aromatic N) is 2. The van der Waals surface area contributed by atoms with Crippen molar-refractivity contribution in [2.75, 3.05) is 26.2 Å². The SMILES string of the molecule is CC(C)(C)OC(=O)C(N)Cc1ccccc1.CC(C)C(C(=O)NC(Cc1ccccc1)C(=O)O)N1CCCNC1=O.CC(C)C(C(=O)O)N1CCCNC1=O. The minimum absolute atomic E-state index is 0.0728. The van der Waals surface area contributed by atoms with E-state index >= 15 is 0 Å². The number of urea groups is 2. The van der Waals surface area contributed by atoms with E-state index in [1.165, 1.54) is 9.80 Å². The highest BCUT2D eigenvalue weighted by atomic mass is 16.6. The van der Waals surface area contributed by atoms with Crippen molar-refractivity contribution in [1.82, 2.24) is 25.8 Å². The molecule has 55 heavy (non-hydrogen) atoms. The monoisotopic (exact) mass is 768 g/mol. The Morgan fingerprint density at radius 1 is 0.745 bits per heavy atom. The van der Waals surface area contributed by atoms with Crippen LogP contribution in [-0.4, -0.2) is 112 Å². The Kier molecular flexibility index (Phi) is 18.6. The van der Waals surface area contributed by atoms with Gasteiger partial charge in [-0.2, -0.15) is 0 Å². The normalized spacial score (nSPS) is 16.5. The molecule has 4 rings (SSSR count). The molecule has 304 valence electrons. The lowest BCUT2D eigenvalue weighted by molar-refractivity contribution is -0.156. The van der Waals surface area contributed by atoms with Gasteiger partial charge in [0.25, 0.3) is 0 Å². The third kappa shape index (κ3) is 16.0. The van der Waals surface area contributed by atoms with E-state index in [1.54, 1.807) is 13.8 Å². The molecule has 0 aromatic heterocycles. The number of hydrogen-bond acceptors (Lipinski definition) is 8. The molecule has 0 aliphatic carbocycles. The second kappa shape index (κ2) is 22.3. The summed E-state index contributed by atoms with van der Waals surface area (Å²) in [7, 11) is 0. The fourth-order valence-corrected chi connectivity index (χ4v) is 6.04. The van der Waals surface area contributed by atoms with Gasteiger partial charge in [0.1, 0.15) is 29.8 Å². The Morgan fingerprint density at radius 3 is 1.56 bits per heavy atom.